The van der Waals surface area contributed by atoms with E-state index in [1.807, 2.05) is 24.3 Å². The van der Waals surface area contributed by atoms with E-state index in [4.69, 9.17) is 9.47 Å². The summed E-state index contributed by atoms with van der Waals surface area (Å²) in [4.78, 5) is 24.4. The van der Waals surface area contributed by atoms with E-state index < -0.39 is 0 Å². The van der Waals surface area contributed by atoms with Crippen molar-refractivity contribution >= 4 is 40.6 Å². The fourth-order valence-corrected chi connectivity index (χ4v) is 4.17. The van der Waals surface area contributed by atoms with Crippen LogP contribution in [0.2, 0.25) is 0 Å². The number of anilines is 1. The second-order valence-electron chi connectivity index (χ2n) is 6.30. The molecule has 0 saturated heterocycles. The Morgan fingerprint density at radius 2 is 1.81 bits per heavy atom. The molecule has 2 amide bonds. The van der Waals surface area contributed by atoms with E-state index in [-0.39, 0.29) is 22.6 Å². The average molecular weight is 459 g/mol. The Hall–Kier alpha value is -3.11. The lowest BCUT2D eigenvalue weighted by atomic mass is 10.2. The first-order chi connectivity index (χ1) is 15.1. The predicted octanol–water partition coefficient (Wildman–Crippen LogP) is 3.36. The van der Waals surface area contributed by atoms with E-state index in [1.165, 1.54) is 23.1 Å². The van der Waals surface area contributed by atoms with Gasteiger partial charge in [-0.25, -0.2) is 0 Å². The predicted molar refractivity (Wildman–Crippen MR) is 122 cm³/mol. The lowest BCUT2D eigenvalue weighted by Gasteiger charge is -2.06. The molecule has 0 aliphatic heterocycles. The number of nitrogens with zero attached hydrogens (tertiary/aromatic N) is 2. The van der Waals surface area contributed by atoms with Crippen LogP contribution in [0.25, 0.3) is 0 Å². The van der Waals surface area contributed by atoms with Gasteiger partial charge in [-0.2, -0.15) is 0 Å². The van der Waals surface area contributed by atoms with Crippen LogP contribution in [0.3, 0.4) is 0 Å². The van der Waals surface area contributed by atoms with Gasteiger partial charge in [0.15, 0.2) is 0 Å². The maximum absolute atomic E-state index is 12.3. The van der Waals surface area contributed by atoms with Gasteiger partial charge in [0, 0.05) is 18.0 Å². The smallest absolute Gasteiger partial charge is 0.286 e. The van der Waals surface area contributed by atoms with Crippen LogP contribution in [0.1, 0.15) is 20.4 Å². The first-order valence-corrected chi connectivity index (χ1v) is 11.3. The molecule has 10 heteroatoms. The Labute approximate surface area is 188 Å². The van der Waals surface area contributed by atoms with E-state index in [0.717, 1.165) is 11.3 Å². The molecule has 2 N–H and O–H groups in total. The highest BCUT2D eigenvalue weighted by atomic mass is 32.2. The van der Waals surface area contributed by atoms with Gasteiger partial charge < -0.3 is 20.1 Å². The standard InChI is InChI=1S/C21H22N4O4S2/c1-28-16-8-6-15(7-9-16)23-20(27)21-25-24-19(31-21)13-30-12-18(26)22-11-14-4-3-5-17(10-14)29-2/h3-10H,11-13H2,1-2H3,(H,22,26)(H,23,27). The van der Waals surface area contributed by atoms with Crippen molar-refractivity contribution in [2.75, 3.05) is 25.3 Å². The zero-order chi connectivity index (χ0) is 22.1. The summed E-state index contributed by atoms with van der Waals surface area (Å²) in [5, 5.41) is 14.6. The molecule has 3 aromatic rings. The van der Waals surface area contributed by atoms with Crippen molar-refractivity contribution in [3.8, 4) is 11.5 Å². The van der Waals surface area contributed by atoms with Crippen molar-refractivity contribution < 1.29 is 19.1 Å². The number of thioether (sulfide) groups is 1. The van der Waals surface area contributed by atoms with Crippen molar-refractivity contribution in [2.24, 2.45) is 0 Å². The fraction of sp³-hybridized carbons (Fsp3) is 0.238. The first-order valence-electron chi connectivity index (χ1n) is 9.32. The van der Waals surface area contributed by atoms with Crippen molar-refractivity contribution in [3.63, 3.8) is 0 Å². The first kappa shape index (κ1) is 22.6. The van der Waals surface area contributed by atoms with Gasteiger partial charge in [0.25, 0.3) is 5.91 Å². The molecule has 162 valence electrons. The summed E-state index contributed by atoms with van der Waals surface area (Å²) in [7, 11) is 3.19. The molecule has 0 bridgehead atoms. The summed E-state index contributed by atoms with van der Waals surface area (Å²) in [6, 6.07) is 14.6. The third-order valence-electron chi connectivity index (χ3n) is 4.09. The van der Waals surface area contributed by atoms with Crippen molar-refractivity contribution in [2.45, 2.75) is 12.3 Å². The second kappa shape index (κ2) is 11.3. The number of methoxy groups -OCH3 is 2. The minimum absolute atomic E-state index is 0.0743. The second-order valence-corrected chi connectivity index (χ2v) is 8.35. The third-order valence-corrected chi connectivity index (χ3v) is 6.14. The van der Waals surface area contributed by atoms with Gasteiger partial charge in [-0.1, -0.05) is 23.5 Å². The lowest BCUT2D eigenvalue weighted by Crippen LogP contribution is -2.24. The largest absolute Gasteiger partial charge is 0.497 e. The fourth-order valence-electron chi connectivity index (χ4n) is 2.53. The summed E-state index contributed by atoms with van der Waals surface area (Å²) in [6.45, 7) is 0.436. The van der Waals surface area contributed by atoms with E-state index in [9.17, 15) is 9.59 Å². The molecule has 0 atom stereocenters. The topological polar surface area (TPSA) is 102 Å². The van der Waals surface area contributed by atoms with Gasteiger partial charge in [0.05, 0.1) is 20.0 Å². The number of rotatable bonds is 10. The van der Waals surface area contributed by atoms with Crippen LogP contribution in [0.4, 0.5) is 5.69 Å². The number of benzene rings is 2. The molecular weight excluding hydrogens is 436 g/mol. The zero-order valence-corrected chi connectivity index (χ0v) is 18.7. The molecule has 0 aliphatic rings. The molecule has 0 radical (unpaired) electrons. The Morgan fingerprint density at radius 3 is 2.55 bits per heavy atom. The highest BCUT2D eigenvalue weighted by molar-refractivity contribution is 7.99. The molecular formula is C21H22N4O4S2. The highest BCUT2D eigenvalue weighted by Crippen LogP contribution is 2.19. The number of nitrogens with one attached hydrogen (secondary N) is 2. The normalized spacial score (nSPS) is 10.4. The van der Waals surface area contributed by atoms with Crippen LogP contribution in [0.5, 0.6) is 11.5 Å². The van der Waals surface area contributed by atoms with Crippen molar-refractivity contribution in [1.29, 1.82) is 0 Å². The minimum atomic E-state index is -0.324. The molecule has 0 fully saturated rings. The Morgan fingerprint density at radius 1 is 1.03 bits per heavy atom. The minimum Gasteiger partial charge on any atom is -0.497 e. The molecule has 0 unspecified atom stereocenters. The number of ether oxygens (including phenoxy) is 2. The van der Waals surface area contributed by atoms with Crippen LogP contribution in [-0.2, 0) is 17.1 Å². The Balaban J connectivity index is 1.40. The highest BCUT2D eigenvalue weighted by Gasteiger charge is 2.14. The van der Waals surface area contributed by atoms with Gasteiger partial charge >= 0.3 is 0 Å². The zero-order valence-electron chi connectivity index (χ0n) is 17.1. The van der Waals surface area contributed by atoms with Crippen LogP contribution in [0, 0.1) is 0 Å². The van der Waals surface area contributed by atoms with Gasteiger partial charge in [0.1, 0.15) is 16.5 Å². The van der Waals surface area contributed by atoms with E-state index in [1.54, 1.807) is 38.5 Å². The SMILES string of the molecule is COc1ccc(NC(=O)c2nnc(CSCC(=O)NCc3cccc(OC)c3)s2)cc1. The number of hydrogen-bond acceptors (Lipinski definition) is 8. The van der Waals surface area contributed by atoms with Crippen LogP contribution < -0.4 is 20.1 Å². The number of carbonyl (C=O) groups is 2. The van der Waals surface area contributed by atoms with Crippen LogP contribution in [0.15, 0.2) is 48.5 Å². The van der Waals surface area contributed by atoms with Crippen LogP contribution >= 0.6 is 23.1 Å². The summed E-state index contributed by atoms with van der Waals surface area (Å²) < 4.78 is 10.3. The number of carbonyl (C=O) groups excluding carboxylic acids is 2. The van der Waals surface area contributed by atoms with Gasteiger partial charge in [-0.3, -0.25) is 9.59 Å². The quantitative estimate of drug-likeness (QED) is 0.480. The number of hydrogen-bond donors (Lipinski definition) is 2. The van der Waals surface area contributed by atoms with Crippen molar-refractivity contribution in [3.05, 3.63) is 64.1 Å². The van der Waals surface area contributed by atoms with Gasteiger partial charge in [-0.05, 0) is 42.0 Å². The summed E-state index contributed by atoms with van der Waals surface area (Å²) in [5.41, 5.74) is 1.61. The molecule has 0 spiro atoms. The lowest BCUT2D eigenvalue weighted by molar-refractivity contribution is -0.118. The molecule has 0 saturated carbocycles. The van der Waals surface area contributed by atoms with Crippen LogP contribution in [-0.4, -0.2) is 42.0 Å². The van der Waals surface area contributed by atoms with Gasteiger partial charge in [-0.15, -0.1) is 22.0 Å². The molecule has 31 heavy (non-hydrogen) atoms. The van der Waals surface area contributed by atoms with Crippen molar-refractivity contribution in [1.82, 2.24) is 15.5 Å². The summed E-state index contributed by atoms with van der Waals surface area (Å²) in [6.07, 6.45) is 0. The number of amides is 2. The Kier molecular flexibility index (Phi) is 8.25. The van der Waals surface area contributed by atoms with Gasteiger partial charge in [0.2, 0.25) is 10.9 Å². The molecule has 8 nitrogen and oxygen atoms in total. The summed E-state index contributed by atoms with van der Waals surface area (Å²) in [5.74, 6) is 1.85. The third kappa shape index (κ3) is 6.97. The maximum Gasteiger partial charge on any atom is 0.286 e. The molecule has 1 heterocycles. The number of aromatic nitrogens is 2. The molecule has 0 aliphatic carbocycles. The molecule has 2 aromatic carbocycles. The maximum atomic E-state index is 12.3. The van der Waals surface area contributed by atoms with E-state index in [2.05, 4.69) is 20.8 Å². The average Bonchev–Trinajstić information content (AvgIpc) is 3.27. The summed E-state index contributed by atoms with van der Waals surface area (Å²) >= 11 is 2.62. The molecule has 3 rings (SSSR count). The monoisotopic (exact) mass is 458 g/mol. The Bertz CT molecular complexity index is 1020. The molecule has 1 aromatic heterocycles. The van der Waals surface area contributed by atoms with E-state index >= 15 is 0 Å². The van der Waals surface area contributed by atoms with E-state index in [0.29, 0.717) is 28.7 Å².